The van der Waals surface area contributed by atoms with E-state index in [1.165, 1.54) is 16.9 Å². The Bertz CT molecular complexity index is 938. The fourth-order valence-electron chi connectivity index (χ4n) is 3.13. The number of aromatic nitrogens is 1. The Morgan fingerprint density at radius 3 is 2.54 bits per heavy atom. The van der Waals surface area contributed by atoms with E-state index in [2.05, 4.69) is 76.0 Å². The second kappa shape index (κ2) is 8.36. The van der Waals surface area contributed by atoms with Crippen LogP contribution in [0, 0.1) is 5.41 Å². The van der Waals surface area contributed by atoms with Crippen molar-refractivity contribution in [3.8, 4) is 27.4 Å². The third kappa shape index (κ3) is 4.93. The topological polar surface area (TPSA) is 48.1 Å². The normalized spacial score (nSPS) is 11.8. The Morgan fingerprint density at radius 1 is 1.07 bits per heavy atom. The number of anilines is 1. The van der Waals surface area contributed by atoms with Crippen LogP contribution in [-0.4, -0.2) is 11.6 Å². The second-order valence-electron chi connectivity index (χ2n) is 8.66. The third-order valence-corrected chi connectivity index (χ3v) is 5.63. The highest BCUT2D eigenvalue weighted by Crippen LogP contribution is 2.41. The fraction of sp³-hybridized carbons (Fsp3) is 0.375. The molecule has 0 unspecified atom stereocenters. The van der Waals surface area contributed by atoms with E-state index in [-0.39, 0.29) is 5.41 Å². The van der Waals surface area contributed by atoms with Gasteiger partial charge in [0.05, 0.1) is 17.2 Å². The van der Waals surface area contributed by atoms with Gasteiger partial charge in [-0.2, -0.15) is 0 Å². The summed E-state index contributed by atoms with van der Waals surface area (Å²) in [5.74, 6) is 1.30. The SMILES string of the molecule is CC(C)c1ccccc1-c1nc(N)sc1-c1cccc(OCCC(C)(C)C)c1. The number of ether oxygens (including phenoxy) is 1. The van der Waals surface area contributed by atoms with Gasteiger partial charge in [-0.25, -0.2) is 4.98 Å². The van der Waals surface area contributed by atoms with Crippen molar-refractivity contribution >= 4 is 16.5 Å². The highest BCUT2D eigenvalue weighted by Gasteiger charge is 2.18. The van der Waals surface area contributed by atoms with E-state index in [4.69, 9.17) is 10.5 Å². The summed E-state index contributed by atoms with van der Waals surface area (Å²) in [6.07, 6.45) is 1.01. The molecule has 4 heteroatoms. The Morgan fingerprint density at radius 2 is 1.82 bits per heavy atom. The van der Waals surface area contributed by atoms with Gasteiger partial charge in [0.1, 0.15) is 5.75 Å². The van der Waals surface area contributed by atoms with Gasteiger partial charge in [0.2, 0.25) is 0 Å². The Hall–Kier alpha value is -2.33. The van der Waals surface area contributed by atoms with E-state index in [0.29, 0.717) is 17.7 Å². The number of nitrogens with two attached hydrogens (primary N) is 1. The zero-order valence-corrected chi connectivity index (χ0v) is 18.3. The minimum atomic E-state index is 0.261. The van der Waals surface area contributed by atoms with Crippen LogP contribution in [0.3, 0.4) is 0 Å². The highest BCUT2D eigenvalue weighted by molar-refractivity contribution is 7.19. The molecule has 1 heterocycles. The van der Waals surface area contributed by atoms with Crippen molar-refractivity contribution in [1.29, 1.82) is 0 Å². The van der Waals surface area contributed by atoms with Crippen molar-refractivity contribution in [2.75, 3.05) is 12.3 Å². The zero-order valence-electron chi connectivity index (χ0n) is 17.5. The molecule has 0 aliphatic carbocycles. The van der Waals surface area contributed by atoms with E-state index >= 15 is 0 Å². The number of nitrogens with zero attached hydrogens (tertiary/aromatic N) is 1. The summed E-state index contributed by atoms with van der Waals surface area (Å²) in [6.45, 7) is 11.8. The van der Waals surface area contributed by atoms with Crippen LogP contribution in [0.25, 0.3) is 21.7 Å². The largest absolute Gasteiger partial charge is 0.494 e. The Kier molecular flexibility index (Phi) is 6.09. The summed E-state index contributed by atoms with van der Waals surface area (Å²) in [6, 6.07) is 16.7. The van der Waals surface area contributed by atoms with Crippen molar-refractivity contribution in [3.05, 3.63) is 54.1 Å². The van der Waals surface area contributed by atoms with Crippen LogP contribution in [-0.2, 0) is 0 Å². The summed E-state index contributed by atoms with van der Waals surface area (Å²) < 4.78 is 6.01. The van der Waals surface area contributed by atoms with Gasteiger partial charge in [0.15, 0.2) is 5.13 Å². The quantitative estimate of drug-likeness (QED) is 0.490. The van der Waals surface area contributed by atoms with E-state index in [1.54, 1.807) is 0 Å². The van der Waals surface area contributed by atoms with E-state index in [1.807, 2.05) is 12.1 Å². The molecule has 2 aromatic carbocycles. The summed E-state index contributed by atoms with van der Waals surface area (Å²) >= 11 is 1.53. The molecular formula is C24H30N2OS. The molecule has 3 rings (SSSR count). The Labute approximate surface area is 172 Å². The molecule has 0 saturated carbocycles. The standard InChI is InChI=1S/C24H30N2OS/c1-16(2)19-11-6-7-12-20(19)21-22(28-23(25)26-21)17-9-8-10-18(15-17)27-14-13-24(3,4)5/h6-12,15-16H,13-14H2,1-5H3,(H2,25,26). The van der Waals surface area contributed by atoms with Crippen LogP contribution in [0.5, 0.6) is 5.75 Å². The molecule has 3 nitrogen and oxygen atoms in total. The molecule has 3 aromatic rings. The smallest absolute Gasteiger partial charge is 0.181 e. The first-order chi connectivity index (χ1) is 13.2. The summed E-state index contributed by atoms with van der Waals surface area (Å²) in [7, 11) is 0. The van der Waals surface area contributed by atoms with E-state index < -0.39 is 0 Å². The van der Waals surface area contributed by atoms with Crippen molar-refractivity contribution in [1.82, 2.24) is 4.98 Å². The molecule has 1 aromatic heterocycles. The molecule has 0 fully saturated rings. The van der Waals surface area contributed by atoms with E-state index in [9.17, 15) is 0 Å². The van der Waals surface area contributed by atoms with E-state index in [0.717, 1.165) is 33.9 Å². The number of rotatable bonds is 6. The minimum Gasteiger partial charge on any atom is -0.494 e. The molecule has 28 heavy (non-hydrogen) atoms. The van der Waals surface area contributed by atoms with Gasteiger partial charge >= 0.3 is 0 Å². The number of benzene rings is 2. The molecule has 0 spiro atoms. The average Bonchev–Trinajstić information content (AvgIpc) is 3.02. The molecule has 0 radical (unpaired) electrons. The first-order valence-corrected chi connectivity index (χ1v) is 10.6. The zero-order chi connectivity index (χ0) is 20.3. The summed E-state index contributed by atoms with van der Waals surface area (Å²) in [4.78, 5) is 5.77. The van der Waals surface area contributed by atoms with Gasteiger partial charge in [-0.1, -0.05) is 82.4 Å². The lowest BCUT2D eigenvalue weighted by Gasteiger charge is -2.18. The third-order valence-electron chi connectivity index (χ3n) is 4.70. The van der Waals surface area contributed by atoms with Crippen LogP contribution < -0.4 is 10.5 Å². The van der Waals surface area contributed by atoms with Crippen LogP contribution >= 0.6 is 11.3 Å². The minimum absolute atomic E-state index is 0.261. The monoisotopic (exact) mass is 394 g/mol. The molecule has 0 amide bonds. The number of hydrogen-bond acceptors (Lipinski definition) is 4. The molecule has 0 atom stereocenters. The van der Waals surface area contributed by atoms with Crippen molar-refractivity contribution in [2.45, 2.75) is 47.0 Å². The fourth-order valence-corrected chi connectivity index (χ4v) is 3.98. The maximum atomic E-state index is 6.12. The first-order valence-electron chi connectivity index (χ1n) is 9.83. The predicted molar refractivity (Wildman–Crippen MR) is 121 cm³/mol. The Balaban J connectivity index is 1.95. The van der Waals surface area contributed by atoms with Crippen molar-refractivity contribution in [3.63, 3.8) is 0 Å². The molecule has 0 aliphatic rings. The number of hydrogen-bond donors (Lipinski definition) is 1. The maximum Gasteiger partial charge on any atom is 0.181 e. The highest BCUT2D eigenvalue weighted by atomic mass is 32.1. The van der Waals surface area contributed by atoms with Crippen LogP contribution in [0.15, 0.2) is 48.5 Å². The molecule has 0 bridgehead atoms. The molecule has 148 valence electrons. The van der Waals surface area contributed by atoms with Gasteiger partial charge in [-0.15, -0.1) is 0 Å². The van der Waals surface area contributed by atoms with Gasteiger partial charge in [0, 0.05) is 5.56 Å². The van der Waals surface area contributed by atoms with Gasteiger partial charge in [-0.05, 0) is 41.0 Å². The summed E-state index contributed by atoms with van der Waals surface area (Å²) in [5, 5.41) is 0.586. The van der Waals surface area contributed by atoms with Gasteiger partial charge in [0.25, 0.3) is 0 Å². The number of thiazole rings is 1. The second-order valence-corrected chi connectivity index (χ2v) is 9.69. The lowest BCUT2D eigenvalue weighted by Crippen LogP contribution is -2.11. The lowest BCUT2D eigenvalue weighted by atomic mass is 9.93. The molecular weight excluding hydrogens is 364 g/mol. The van der Waals surface area contributed by atoms with Gasteiger partial charge < -0.3 is 10.5 Å². The molecule has 2 N–H and O–H groups in total. The number of nitrogen functional groups attached to an aromatic ring is 1. The van der Waals surface area contributed by atoms with Crippen LogP contribution in [0.1, 0.15) is 52.5 Å². The average molecular weight is 395 g/mol. The van der Waals surface area contributed by atoms with Crippen molar-refractivity contribution < 1.29 is 4.74 Å². The van der Waals surface area contributed by atoms with Crippen LogP contribution in [0.2, 0.25) is 0 Å². The first kappa shape index (κ1) is 20.4. The molecule has 0 saturated heterocycles. The van der Waals surface area contributed by atoms with Crippen molar-refractivity contribution in [2.24, 2.45) is 5.41 Å². The predicted octanol–water partition coefficient (Wildman–Crippen LogP) is 7.00. The van der Waals surface area contributed by atoms with Crippen LogP contribution in [0.4, 0.5) is 5.13 Å². The molecule has 0 aliphatic heterocycles. The summed E-state index contributed by atoms with van der Waals surface area (Å²) in [5.41, 5.74) is 10.9. The maximum absolute atomic E-state index is 6.12. The van der Waals surface area contributed by atoms with Gasteiger partial charge in [-0.3, -0.25) is 0 Å². The lowest BCUT2D eigenvalue weighted by molar-refractivity contribution is 0.243.